The summed E-state index contributed by atoms with van der Waals surface area (Å²) in [6, 6.07) is 0.836. The number of unbranched alkanes of at least 4 members (excludes halogenated alkanes) is 12. The topological polar surface area (TPSA) is 3.24 Å². The molecule has 0 radical (unpaired) electrons. The summed E-state index contributed by atoms with van der Waals surface area (Å²) in [4.78, 5) is 2.73. The Bertz CT molecular complexity index is 232. The van der Waals surface area contributed by atoms with Crippen LogP contribution in [0.3, 0.4) is 0 Å². The van der Waals surface area contributed by atoms with Gasteiger partial charge in [-0.15, -0.1) is 0 Å². The smallest absolute Gasteiger partial charge is 0.00669 e. The highest BCUT2D eigenvalue weighted by atomic mass is 15.1. The monoisotopic (exact) mass is 323 g/mol. The minimum Gasteiger partial charge on any atom is -0.301 e. The molecule has 23 heavy (non-hydrogen) atoms. The molecule has 0 saturated carbocycles. The third kappa shape index (κ3) is 12.0. The lowest BCUT2D eigenvalue weighted by Gasteiger charge is -2.32. The van der Waals surface area contributed by atoms with Crippen LogP contribution in [-0.4, -0.2) is 24.0 Å². The summed E-state index contributed by atoms with van der Waals surface area (Å²) in [6.07, 6.45) is 24.8. The van der Waals surface area contributed by atoms with Crippen LogP contribution >= 0.6 is 0 Å². The van der Waals surface area contributed by atoms with Gasteiger partial charge in [0.1, 0.15) is 0 Å². The zero-order valence-electron chi connectivity index (χ0n) is 16.5. The number of hydrogen-bond donors (Lipinski definition) is 0. The molecule has 0 N–H and O–H groups in total. The molecule has 1 aliphatic heterocycles. The maximum absolute atomic E-state index is 2.73. The lowest BCUT2D eigenvalue weighted by atomic mass is 10.0. The first-order valence-electron chi connectivity index (χ1n) is 11.1. The third-order valence-electron chi connectivity index (χ3n) is 5.74. The number of hydrogen-bond acceptors (Lipinski definition) is 1. The van der Waals surface area contributed by atoms with E-state index in [1.807, 2.05) is 0 Å². The minimum absolute atomic E-state index is 0.836. The molecule has 0 aromatic heterocycles. The molecule has 0 aromatic rings. The van der Waals surface area contributed by atoms with Crippen LogP contribution in [0.5, 0.6) is 0 Å². The van der Waals surface area contributed by atoms with Gasteiger partial charge in [0, 0.05) is 6.04 Å². The van der Waals surface area contributed by atoms with Gasteiger partial charge in [-0.2, -0.15) is 0 Å². The molecular formula is C22H45N. The van der Waals surface area contributed by atoms with E-state index in [9.17, 15) is 0 Å². The van der Waals surface area contributed by atoms with Crippen LogP contribution < -0.4 is 0 Å². The highest BCUT2D eigenvalue weighted by Crippen LogP contribution is 2.17. The van der Waals surface area contributed by atoms with E-state index in [0.717, 1.165) is 6.04 Å². The largest absolute Gasteiger partial charge is 0.301 e. The molecule has 0 spiro atoms. The van der Waals surface area contributed by atoms with E-state index < -0.39 is 0 Å². The number of likely N-dealkylation sites (tertiary alicyclic amines) is 1. The summed E-state index contributed by atoms with van der Waals surface area (Å²) in [5, 5.41) is 0. The zero-order chi connectivity index (χ0) is 16.6. The molecule has 1 saturated heterocycles. The molecule has 1 heteroatoms. The summed E-state index contributed by atoms with van der Waals surface area (Å²) in [7, 11) is 0. The Morgan fingerprint density at radius 2 is 1.04 bits per heavy atom. The van der Waals surface area contributed by atoms with Crippen molar-refractivity contribution in [2.24, 2.45) is 0 Å². The van der Waals surface area contributed by atoms with Crippen molar-refractivity contribution >= 4 is 0 Å². The van der Waals surface area contributed by atoms with E-state index in [-0.39, 0.29) is 0 Å². The van der Waals surface area contributed by atoms with Gasteiger partial charge < -0.3 is 4.90 Å². The van der Waals surface area contributed by atoms with Crippen molar-refractivity contribution < 1.29 is 0 Å². The summed E-state index contributed by atoms with van der Waals surface area (Å²) in [6.45, 7) is 7.47. The fourth-order valence-corrected chi connectivity index (χ4v) is 4.00. The first-order valence-corrected chi connectivity index (χ1v) is 11.1. The number of piperidine rings is 1. The highest BCUT2D eigenvalue weighted by molar-refractivity contribution is 4.71. The van der Waals surface area contributed by atoms with E-state index in [2.05, 4.69) is 18.7 Å². The van der Waals surface area contributed by atoms with Crippen molar-refractivity contribution in [3.63, 3.8) is 0 Å². The Morgan fingerprint density at radius 1 is 0.609 bits per heavy atom. The second-order valence-electron chi connectivity index (χ2n) is 7.98. The van der Waals surface area contributed by atoms with Gasteiger partial charge in [0.15, 0.2) is 0 Å². The third-order valence-corrected chi connectivity index (χ3v) is 5.74. The number of rotatable bonds is 15. The van der Waals surface area contributed by atoms with E-state index in [0.29, 0.717) is 0 Å². The van der Waals surface area contributed by atoms with Gasteiger partial charge in [-0.25, -0.2) is 0 Å². The summed E-state index contributed by atoms with van der Waals surface area (Å²) in [5.74, 6) is 0. The zero-order valence-corrected chi connectivity index (χ0v) is 16.5. The van der Waals surface area contributed by atoms with Crippen LogP contribution in [0.2, 0.25) is 0 Å². The van der Waals surface area contributed by atoms with Crippen LogP contribution in [0, 0.1) is 0 Å². The highest BCUT2D eigenvalue weighted by Gasteiger charge is 2.15. The standard InChI is InChI=1S/C22H45N/c1-3-4-5-6-7-8-9-10-11-12-13-14-16-19-22(2)23-20-17-15-18-21-23/h22H,3-21H2,1-2H3. The lowest BCUT2D eigenvalue weighted by Crippen LogP contribution is -2.37. The average Bonchev–Trinajstić information content (AvgIpc) is 2.59. The van der Waals surface area contributed by atoms with Crippen LogP contribution in [-0.2, 0) is 0 Å². The Balaban J connectivity index is 1.76. The van der Waals surface area contributed by atoms with Crippen molar-refractivity contribution in [3.05, 3.63) is 0 Å². The molecular weight excluding hydrogens is 278 g/mol. The van der Waals surface area contributed by atoms with Crippen molar-refractivity contribution in [2.75, 3.05) is 13.1 Å². The van der Waals surface area contributed by atoms with Gasteiger partial charge >= 0.3 is 0 Å². The quantitative estimate of drug-likeness (QED) is 0.285. The Labute approximate surface area is 147 Å². The van der Waals surface area contributed by atoms with Gasteiger partial charge in [0.05, 0.1) is 0 Å². The maximum atomic E-state index is 2.73. The van der Waals surface area contributed by atoms with Crippen molar-refractivity contribution in [1.82, 2.24) is 4.90 Å². The molecule has 1 atom stereocenters. The molecule has 1 nitrogen and oxygen atoms in total. The van der Waals surface area contributed by atoms with E-state index in [1.165, 1.54) is 122 Å². The van der Waals surface area contributed by atoms with Gasteiger partial charge in [0.25, 0.3) is 0 Å². The molecule has 0 aromatic carbocycles. The van der Waals surface area contributed by atoms with Crippen molar-refractivity contribution in [2.45, 2.75) is 129 Å². The van der Waals surface area contributed by atoms with E-state index in [4.69, 9.17) is 0 Å². The van der Waals surface area contributed by atoms with E-state index in [1.54, 1.807) is 0 Å². The van der Waals surface area contributed by atoms with E-state index >= 15 is 0 Å². The Kier molecular flexibility index (Phi) is 14.1. The predicted molar refractivity (Wildman–Crippen MR) is 105 cm³/mol. The first-order chi connectivity index (χ1) is 11.3. The minimum atomic E-state index is 0.836. The number of nitrogens with zero attached hydrogens (tertiary/aromatic N) is 1. The summed E-state index contributed by atoms with van der Waals surface area (Å²) in [5.41, 5.74) is 0. The molecule has 138 valence electrons. The molecule has 1 aliphatic rings. The van der Waals surface area contributed by atoms with Crippen LogP contribution in [0.1, 0.15) is 123 Å². The van der Waals surface area contributed by atoms with Crippen molar-refractivity contribution in [1.29, 1.82) is 0 Å². The fraction of sp³-hybridized carbons (Fsp3) is 1.00. The summed E-state index contributed by atoms with van der Waals surface area (Å²) < 4.78 is 0. The molecule has 1 rings (SSSR count). The van der Waals surface area contributed by atoms with Crippen LogP contribution in [0.15, 0.2) is 0 Å². The van der Waals surface area contributed by atoms with Gasteiger partial charge in [-0.3, -0.25) is 0 Å². The van der Waals surface area contributed by atoms with Crippen molar-refractivity contribution in [3.8, 4) is 0 Å². The molecule has 0 bridgehead atoms. The SMILES string of the molecule is CCCCCCCCCCCCCCCC(C)N1CCCCC1. The molecule has 1 heterocycles. The second-order valence-corrected chi connectivity index (χ2v) is 7.98. The predicted octanol–water partition coefficient (Wildman–Crippen LogP) is 7.34. The maximum Gasteiger partial charge on any atom is 0.00669 e. The van der Waals surface area contributed by atoms with Crippen LogP contribution in [0.25, 0.3) is 0 Å². The first kappa shape index (κ1) is 21.0. The Hall–Kier alpha value is -0.0400. The molecule has 0 amide bonds. The van der Waals surface area contributed by atoms with Crippen LogP contribution in [0.4, 0.5) is 0 Å². The van der Waals surface area contributed by atoms with Gasteiger partial charge in [0.2, 0.25) is 0 Å². The molecule has 1 unspecified atom stereocenters. The molecule has 0 aliphatic carbocycles. The lowest BCUT2D eigenvalue weighted by molar-refractivity contribution is 0.164. The Morgan fingerprint density at radius 3 is 1.52 bits per heavy atom. The summed E-state index contributed by atoms with van der Waals surface area (Å²) >= 11 is 0. The second kappa shape index (κ2) is 15.5. The van der Waals surface area contributed by atoms with Gasteiger partial charge in [-0.05, 0) is 39.3 Å². The van der Waals surface area contributed by atoms with Gasteiger partial charge in [-0.1, -0.05) is 96.8 Å². The normalized spacial score (nSPS) is 17.5. The fourth-order valence-electron chi connectivity index (χ4n) is 4.00. The molecule has 1 fully saturated rings. The average molecular weight is 324 g/mol.